The summed E-state index contributed by atoms with van der Waals surface area (Å²) in [7, 11) is 0. The molecular weight excluding hydrogens is 328 g/mol. The van der Waals surface area contributed by atoms with Crippen LogP contribution in [0.1, 0.15) is 10.6 Å². The van der Waals surface area contributed by atoms with E-state index >= 15 is 0 Å². The third-order valence-electron chi connectivity index (χ3n) is 1.68. The van der Waals surface area contributed by atoms with Gasteiger partial charge in [-0.2, -0.15) is 0 Å². The van der Waals surface area contributed by atoms with Crippen LogP contribution < -0.4 is 0 Å². The minimum atomic E-state index is 0.838. The number of rotatable bonds is 2. The first-order chi connectivity index (χ1) is 6.77. The van der Waals surface area contributed by atoms with Crippen LogP contribution in [0.2, 0.25) is 0 Å². The molecule has 0 aliphatic rings. The molecule has 2 aromatic rings. The van der Waals surface area contributed by atoms with Crippen LogP contribution in [0.4, 0.5) is 0 Å². The van der Waals surface area contributed by atoms with Gasteiger partial charge in [0.2, 0.25) is 0 Å². The highest BCUT2D eigenvalue weighted by Gasteiger charge is 2.00. The lowest BCUT2D eigenvalue weighted by Crippen LogP contribution is -1.65. The van der Waals surface area contributed by atoms with Crippen molar-refractivity contribution in [2.75, 3.05) is 0 Å². The van der Waals surface area contributed by atoms with Crippen molar-refractivity contribution in [3.05, 3.63) is 43.4 Å². The Morgan fingerprint density at radius 1 is 1.14 bits per heavy atom. The Balaban J connectivity index is 2.23. The number of thiophene rings is 1. The summed E-state index contributed by atoms with van der Waals surface area (Å²) in [4.78, 5) is 1.19. The normalized spacial score (nSPS) is 11.3. The largest absolute Gasteiger partial charge is 0.464 e. The van der Waals surface area contributed by atoms with E-state index in [9.17, 15) is 0 Å². The zero-order valence-corrected chi connectivity index (χ0v) is 11.0. The molecule has 0 atom stereocenters. The lowest BCUT2D eigenvalue weighted by atomic mass is 10.3. The van der Waals surface area contributed by atoms with Crippen LogP contribution in [0.5, 0.6) is 0 Å². The fourth-order valence-corrected chi connectivity index (χ4v) is 2.73. The Hall–Kier alpha value is -0.320. The molecule has 0 N–H and O–H groups in total. The van der Waals surface area contributed by atoms with Crippen molar-refractivity contribution >= 4 is 55.3 Å². The third kappa shape index (κ3) is 2.19. The van der Waals surface area contributed by atoms with E-state index < -0.39 is 0 Å². The molecule has 2 aromatic heterocycles. The maximum atomic E-state index is 5.26. The van der Waals surface area contributed by atoms with Crippen molar-refractivity contribution in [2.24, 2.45) is 0 Å². The van der Waals surface area contributed by atoms with Crippen LogP contribution >= 0.6 is 43.2 Å². The lowest BCUT2D eigenvalue weighted by molar-refractivity contribution is 0.556. The highest BCUT2D eigenvalue weighted by molar-refractivity contribution is 9.10. The second kappa shape index (κ2) is 4.47. The van der Waals surface area contributed by atoms with Crippen LogP contribution in [0, 0.1) is 0 Å². The molecular formula is C10H6Br2OS. The van der Waals surface area contributed by atoms with E-state index in [2.05, 4.69) is 31.9 Å². The van der Waals surface area contributed by atoms with Crippen molar-refractivity contribution in [1.82, 2.24) is 0 Å². The topological polar surface area (TPSA) is 13.1 Å². The molecule has 0 aliphatic carbocycles. The first-order valence-corrected chi connectivity index (χ1v) is 6.38. The molecule has 0 radical (unpaired) electrons. The van der Waals surface area contributed by atoms with E-state index in [-0.39, 0.29) is 0 Å². The van der Waals surface area contributed by atoms with E-state index in [0.717, 1.165) is 14.7 Å². The average Bonchev–Trinajstić information content (AvgIpc) is 2.72. The molecule has 0 saturated carbocycles. The Labute approximate surface area is 103 Å². The van der Waals surface area contributed by atoms with Gasteiger partial charge in [0.25, 0.3) is 0 Å². The number of furan rings is 1. The first kappa shape index (κ1) is 10.2. The molecule has 2 rings (SSSR count). The molecule has 0 aromatic carbocycles. The van der Waals surface area contributed by atoms with E-state index in [1.165, 1.54) is 4.88 Å². The first-order valence-electron chi connectivity index (χ1n) is 3.91. The molecule has 4 heteroatoms. The van der Waals surface area contributed by atoms with Gasteiger partial charge in [-0.1, -0.05) is 0 Å². The second-order valence-corrected chi connectivity index (χ2v) is 5.26. The van der Waals surface area contributed by atoms with Crippen LogP contribution in [-0.4, -0.2) is 0 Å². The Morgan fingerprint density at radius 3 is 2.57 bits per heavy atom. The second-order valence-electron chi connectivity index (χ2n) is 2.60. The Kier molecular flexibility index (Phi) is 3.26. The molecule has 2 heterocycles. The predicted octanol–water partition coefficient (Wildman–Crippen LogP) is 5.04. The summed E-state index contributed by atoms with van der Waals surface area (Å²) >= 11 is 8.55. The molecule has 1 nitrogen and oxygen atoms in total. The van der Waals surface area contributed by atoms with Gasteiger partial charge in [-0.05, 0) is 61.5 Å². The van der Waals surface area contributed by atoms with Gasteiger partial charge < -0.3 is 4.42 Å². The minimum absolute atomic E-state index is 0.838. The summed E-state index contributed by atoms with van der Waals surface area (Å²) in [6.07, 6.45) is 5.63. The fourth-order valence-electron chi connectivity index (χ4n) is 1.00. The minimum Gasteiger partial charge on any atom is -0.464 e. The monoisotopic (exact) mass is 332 g/mol. The van der Waals surface area contributed by atoms with Gasteiger partial charge in [-0.25, -0.2) is 0 Å². The quantitative estimate of drug-likeness (QED) is 0.750. The standard InChI is InChI=1S/C10H6Br2OS/c11-7-3-5-13-9(7)1-2-10-8(12)4-6-14-10/h1-6H. The molecule has 0 fully saturated rings. The summed E-state index contributed by atoms with van der Waals surface area (Å²) in [5.41, 5.74) is 0. The van der Waals surface area contributed by atoms with Gasteiger partial charge in [-0.3, -0.25) is 0 Å². The number of halogens is 2. The zero-order valence-electron chi connectivity index (χ0n) is 7.04. The average molecular weight is 334 g/mol. The van der Waals surface area contributed by atoms with Crippen molar-refractivity contribution in [2.45, 2.75) is 0 Å². The van der Waals surface area contributed by atoms with Crippen molar-refractivity contribution < 1.29 is 4.42 Å². The molecule has 0 saturated heterocycles. The Morgan fingerprint density at radius 2 is 2.00 bits per heavy atom. The fraction of sp³-hybridized carbons (Fsp3) is 0. The van der Waals surface area contributed by atoms with Gasteiger partial charge in [0, 0.05) is 9.35 Å². The van der Waals surface area contributed by atoms with Crippen LogP contribution in [0.15, 0.2) is 37.1 Å². The van der Waals surface area contributed by atoms with Gasteiger partial charge in [-0.15, -0.1) is 11.3 Å². The van der Waals surface area contributed by atoms with Crippen LogP contribution in [0.3, 0.4) is 0 Å². The SMILES string of the molecule is Brc1ccoc1C=Cc1sccc1Br. The summed E-state index contributed by atoms with van der Waals surface area (Å²) in [6.45, 7) is 0. The van der Waals surface area contributed by atoms with Crippen LogP contribution in [0.25, 0.3) is 12.2 Å². The van der Waals surface area contributed by atoms with Gasteiger partial charge >= 0.3 is 0 Å². The van der Waals surface area contributed by atoms with Crippen molar-refractivity contribution in [3.63, 3.8) is 0 Å². The van der Waals surface area contributed by atoms with Crippen molar-refractivity contribution in [3.8, 4) is 0 Å². The third-order valence-corrected chi connectivity index (χ3v) is 4.17. The summed E-state index contributed by atoms with van der Waals surface area (Å²) < 4.78 is 7.34. The van der Waals surface area contributed by atoms with Gasteiger partial charge in [0.1, 0.15) is 5.76 Å². The summed E-state index contributed by atoms with van der Waals surface area (Å²) in [5.74, 6) is 0.838. The molecule has 0 amide bonds. The maximum absolute atomic E-state index is 5.26. The predicted molar refractivity (Wildman–Crippen MR) is 67.4 cm³/mol. The zero-order chi connectivity index (χ0) is 9.97. The molecule has 0 unspecified atom stereocenters. The number of hydrogen-bond acceptors (Lipinski definition) is 2. The highest BCUT2D eigenvalue weighted by Crippen LogP contribution is 2.26. The van der Waals surface area contributed by atoms with Crippen LogP contribution in [-0.2, 0) is 0 Å². The van der Waals surface area contributed by atoms with E-state index in [1.54, 1.807) is 17.6 Å². The van der Waals surface area contributed by atoms with Crippen molar-refractivity contribution in [1.29, 1.82) is 0 Å². The molecule has 14 heavy (non-hydrogen) atoms. The summed E-state index contributed by atoms with van der Waals surface area (Å²) in [5, 5.41) is 2.04. The molecule has 72 valence electrons. The smallest absolute Gasteiger partial charge is 0.140 e. The lowest BCUT2D eigenvalue weighted by Gasteiger charge is -1.88. The maximum Gasteiger partial charge on any atom is 0.140 e. The van der Waals surface area contributed by atoms with E-state index in [0.29, 0.717) is 0 Å². The summed E-state index contributed by atoms with van der Waals surface area (Å²) in [6, 6.07) is 3.91. The Bertz CT molecular complexity index is 414. The van der Waals surface area contributed by atoms with Gasteiger partial charge in [0.15, 0.2) is 0 Å². The molecule has 0 spiro atoms. The van der Waals surface area contributed by atoms with E-state index in [1.807, 2.05) is 29.7 Å². The van der Waals surface area contributed by atoms with E-state index in [4.69, 9.17) is 4.42 Å². The van der Waals surface area contributed by atoms with Gasteiger partial charge in [0.05, 0.1) is 10.7 Å². The highest BCUT2D eigenvalue weighted by atomic mass is 79.9. The molecule has 0 aliphatic heterocycles. The number of hydrogen-bond donors (Lipinski definition) is 0. The molecule has 0 bridgehead atoms.